The van der Waals surface area contributed by atoms with Crippen molar-refractivity contribution in [2.24, 2.45) is 52.1 Å². The van der Waals surface area contributed by atoms with Crippen molar-refractivity contribution in [1.82, 2.24) is 0 Å². The maximum absolute atomic E-state index is 9.76. The van der Waals surface area contributed by atoms with Crippen LogP contribution in [-0.2, 0) is 0 Å². The summed E-state index contributed by atoms with van der Waals surface area (Å²) in [6, 6.07) is 0.430. The van der Waals surface area contributed by atoms with Gasteiger partial charge in [0.25, 0.3) is 0 Å². The standard InChI is InChI=1S/C22H39NO/c1-14(13-24)16-7-8-17-20-18(9-11-22(16,17)3)21(2)10-5-4-6-15(21)12-19(20)23/h14-20,24H,4-13,23H2,1-3H3/t14-,15-,16?,17?,18?,19-,20?,21+,22-/m1/s1. The lowest BCUT2D eigenvalue weighted by Crippen LogP contribution is -2.59. The summed E-state index contributed by atoms with van der Waals surface area (Å²) < 4.78 is 0. The van der Waals surface area contributed by atoms with Crippen LogP contribution in [0.25, 0.3) is 0 Å². The highest BCUT2D eigenvalue weighted by Gasteiger charge is 2.61. The van der Waals surface area contributed by atoms with Crippen LogP contribution in [-0.4, -0.2) is 17.8 Å². The zero-order chi connectivity index (χ0) is 17.1. The second-order valence-electron chi connectivity index (χ2n) is 10.5. The molecule has 0 aromatic rings. The first-order chi connectivity index (χ1) is 11.4. The maximum atomic E-state index is 9.76. The first kappa shape index (κ1) is 17.3. The first-order valence-corrected chi connectivity index (χ1v) is 10.8. The molecule has 0 spiro atoms. The highest BCUT2D eigenvalue weighted by Crippen LogP contribution is 2.67. The third-order valence-electron chi connectivity index (χ3n) is 9.73. The summed E-state index contributed by atoms with van der Waals surface area (Å²) in [5, 5.41) is 9.76. The Balaban J connectivity index is 1.65. The van der Waals surface area contributed by atoms with Gasteiger partial charge in [-0.3, -0.25) is 0 Å². The van der Waals surface area contributed by atoms with Gasteiger partial charge in [0.15, 0.2) is 0 Å². The fourth-order valence-electron chi connectivity index (χ4n) is 8.46. The minimum Gasteiger partial charge on any atom is -0.396 e. The lowest BCUT2D eigenvalue weighted by atomic mass is 9.43. The van der Waals surface area contributed by atoms with E-state index < -0.39 is 0 Å². The second-order valence-corrected chi connectivity index (χ2v) is 10.5. The Bertz CT molecular complexity index is 479. The number of hydrogen-bond donors (Lipinski definition) is 2. The van der Waals surface area contributed by atoms with Gasteiger partial charge < -0.3 is 10.8 Å². The molecule has 2 heteroatoms. The van der Waals surface area contributed by atoms with E-state index in [1.54, 1.807) is 0 Å². The van der Waals surface area contributed by atoms with Gasteiger partial charge in [0.2, 0.25) is 0 Å². The van der Waals surface area contributed by atoms with Crippen molar-refractivity contribution in [1.29, 1.82) is 0 Å². The molecule has 0 bridgehead atoms. The number of nitrogens with two attached hydrogens (primary N) is 1. The largest absolute Gasteiger partial charge is 0.396 e. The van der Waals surface area contributed by atoms with Crippen molar-refractivity contribution in [3.63, 3.8) is 0 Å². The summed E-state index contributed by atoms with van der Waals surface area (Å²) in [6.07, 6.45) is 12.5. The van der Waals surface area contributed by atoms with Crippen LogP contribution in [0, 0.1) is 46.3 Å². The summed E-state index contributed by atoms with van der Waals surface area (Å²) in [5.74, 6) is 4.48. The Morgan fingerprint density at radius 2 is 1.75 bits per heavy atom. The second kappa shape index (κ2) is 5.98. The molecule has 2 nitrogen and oxygen atoms in total. The third-order valence-corrected chi connectivity index (χ3v) is 9.73. The summed E-state index contributed by atoms with van der Waals surface area (Å²) in [5.41, 5.74) is 7.87. The minimum atomic E-state index is 0.354. The summed E-state index contributed by atoms with van der Waals surface area (Å²) >= 11 is 0. The van der Waals surface area contributed by atoms with Gasteiger partial charge in [-0.2, -0.15) is 0 Å². The van der Waals surface area contributed by atoms with E-state index in [4.69, 9.17) is 5.73 Å². The molecule has 4 saturated carbocycles. The molecule has 3 N–H and O–H groups in total. The number of fused-ring (bicyclic) bond motifs is 5. The monoisotopic (exact) mass is 333 g/mol. The molecule has 0 aromatic carbocycles. The van der Waals surface area contributed by atoms with Crippen LogP contribution in [0.2, 0.25) is 0 Å². The molecule has 0 heterocycles. The van der Waals surface area contributed by atoms with E-state index >= 15 is 0 Å². The maximum Gasteiger partial charge on any atom is 0.0459 e. The Labute approximate surface area is 149 Å². The zero-order valence-electron chi connectivity index (χ0n) is 16.1. The van der Waals surface area contributed by atoms with E-state index in [1.165, 1.54) is 57.8 Å². The minimum absolute atomic E-state index is 0.354. The lowest BCUT2D eigenvalue weighted by molar-refractivity contribution is -0.123. The molecule has 0 saturated heterocycles. The molecular weight excluding hydrogens is 294 g/mol. The van der Waals surface area contributed by atoms with Gasteiger partial charge in [0.05, 0.1) is 0 Å². The van der Waals surface area contributed by atoms with Gasteiger partial charge >= 0.3 is 0 Å². The van der Waals surface area contributed by atoms with Gasteiger partial charge in [-0.05, 0) is 91.3 Å². The zero-order valence-corrected chi connectivity index (χ0v) is 16.1. The van der Waals surface area contributed by atoms with Crippen molar-refractivity contribution in [3.05, 3.63) is 0 Å². The van der Waals surface area contributed by atoms with E-state index in [1.807, 2.05) is 0 Å². The normalized spacial score (nSPS) is 55.4. The summed E-state index contributed by atoms with van der Waals surface area (Å²) in [6.45, 7) is 7.81. The van der Waals surface area contributed by atoms with E-state index in [0.717, 1.165) is 23.7 Å². The van der Waals surface area contributed by atoms with Crippen LogP contribution in [0.15, 0.2) is 0 Å². The average molecular weight is 334 g/mol. The summed E-state index contributed by atoms with van der Waals surface area (Å²) in [7, 11) is 0. The topological polar surface area (TPSA) is 46.2 Å². The van der Waals surface area contributed by atoms with Crippen LogP contribution in [0.1, 0.15) is 78.6 Å². The van der Waals surface area contributed by atoms with Crippen molar-refractivity contribution in [3.8, 4) is 0 Å². The smallest absolute Gasteiger partial charge is 0.0459 e. The molecule has 0 aromatic heterocycles. The highest BCUT2D eigenvalue weighted by molar-refractivity contribution is 5.12. The van der Waals surface area contributed by atoms with Gasteiger partial charge in [-0.1, -0.05) is 33.6 Å². The van der Waals surface area contributed by atoms with Crippen molar-refractivity contribution < 1.29 is 5.11 Å². The molecule has 4 aliphatic rings. The van der Waals surface area contributed by atoms with Crippen molar-refractivity contribution >= 4 is 0 Å². The third kappa shape index (κ3) is 2.28. The highest BCUT2D eigenvalue weighted by atomic mass is 16.3. The van der Waals surface area contributed by atoms with Crippen LogP contribution < -0.4 is 5.73 Å². The number of hydrogen-bond acceptors (Lipinski definition) is 2. The average Bonchev–Trinajstić information content (AvgIpc) is 2.92. The Morgan fingerprint density at radius 3 is 2.50 bits per heavy atom. The fourth-order valence-corrected chi connectivity index (χ4v) is 8.46. The van der Waals surface area contributed by atoms with Gasteiger partial charge in [-0.25, -0.2) is 0 Å². The van der Waals surface area contributed by atoms with Crippen LogP contribution in [0.4, 0.5) is 0 Å². The first-order valence-electron chi connectivity index (χ1n) is 10.8. The predicted octanol–water partition coefficient (Wildman–Crippen LogP) is 4.60. The molecule has 0 radical (unpaired) electrons. The predicted molar refractivity (Wildman–Crippen MR) is 99.4 cm³/mol. The van der Waals surface area contributed by atoms with Crippen LogP contribution in [0.3, 0.4) is 0 Å². The van der Waals surface area contributed by atoms with Crippen LogP contribution in [0.5, 0.6) is 0 Å². The molecule has 4 fully saturated rings. The molecule has 0 aliphatic heterocycles. The van der Waals surface area contributed by atoms with E-state index in [0.29, 0.717) is 35.3 Å². The van der Waals surface area contributed by atoms with E-state index in [9.17, 15) is 5.11 Å². The molecule has 4 unspecified atom stereocenters. The van der Waals surface area contributed by atoms with Crippen molar-refractivity contribution in [2.45, 2.75) is 84.6 Å². The van der Waals surface area contributed by atoms with Gasteiger partial charge in [0.1, 0.15) is 0 Å². The Hall–Kier alpha value is -0.0800. The Morgan fingerprint density at radius 1 is 1.00 bits per heavy atom. The number of rotatable bonds is 2. The fraction of sp³-hybridized carbons (Fsp3) is 1.00. The molecular formula is C22H39NO. The van der Waals surface area contributed by atoms with Gasteiger partial charge in [0, 0.05) is 12.6 Å². The number of aliphatic hydroxyl groups is 1. The lowest BCUT2D eigenvalue weighted by Gasteiger charge is -2.62. The molecule has 9 atom stereocenters. The molecule has 4 aliphatic carbocycles. The summed E-state index contributed by atoms with van der Waals surface area (Å²) in [4.78, 5) is 0. The SMILES string of the molecule is C[C@H](CO)C1CCC2C3C(CC[C@@]21C)[C@@]1(C)CCCC[C@@H]1C[C@H]3N. The molecule has 138 valence electrons. The van der Waals surface area contributed by atoms with E-state index in [-0.39, 0.29) is 0 Å². The quantitative estimate of drug-likeness (QED) is 0.775. The van der Waals surface area contributed by atoms with Crippen molar-refractivity contribution in [2.75, 3.05) is 6.61 Å². The molecule has 0 amide bonds. The number of aliphatic hydroxyl groups excluding tert-OH is 1. The molecule has 4 rings (SSSR count). The van der Waals surface area contributed by atoms with Crippen LogP contribution >= 0.6 is 0 Å². The van der Waals surface area contributed by atoms with E-state index in [2.05, 4.69) is 20.8 Å². The Kier molecular flexibility index (Phi) is 4.32. The molecule has 24 heavy (non-hydrogen) atoms. The van der Waals surface area contributed by atoms with Gasteiger partial charge in [-0.15, -0.1) is 0 Å².